The highest BCUT2D eigenvalue weighted by Gasteiger charge is 1.95. The number of rotatable bonds is 0. The molecule has 1 aromatic heterocycles. The fourth-order valence-corrected chi connectivity index (χ4v) is 1.19. The zero-order chi connectivity index (χ0) is 8.55. The van der Waals surface area contributed by atoms with E-state index in [0.717, 1.165) is 10.9 Å². The molecule has 0 amide bonds. The van der Waals surface area contributed by atoms with Crippen LogP contribution in [0.3, 0.4) is 0 Å². The Morgan fingerprint density at radius 1 is 1.25 bits per heavy atom. The zero-order valence-electron chi connectivity index (χ0n) is 6.50. The number of fused-ring (bicyclic) bond motifs is 1. The number of nitrogens with one attached hydrogen (secondary N) is 1. The predicted molar refractivity (Wildman–Crippen MR) is 49.0 cm³/mol. The molecule has 2 aromatic rings. The van der Waals surface area contributed by atoms with E-state index in [1.807, 2.05) is 24.3 Å². The predicted octanol–water partition coefficient (Wildman–Crippen LogP) is 1.71. The van der Waals surface area contributed by atoms with Crippen LogP contribution in [0.1, 0.15) is 5.56 Å². The Bertz CT molecular complexity index is 470. The van der Waals surface area contributed by atoms with Crippen LogP contribution in [0.15, 0.2) is 35.1 Å². The molecule has 12 heavy (non-hydrogen) atoms. The van der Waals surface area contributed by atoms with Crippen LogP contribution in [-0.2, 0) is 0 Å². The smallest absolute Gasteiger partial charge is 0.251 e. The summed E-state index contributed by atoms with van der Waals surface area (Å²) < 4.78 is 0. The van der Waals surface area contributed by atoms with Gasteiger partial charge in [-0.15, -0.1) is 0 Å². The molecule has 0 aliphatic rings. The van der Waals surface area contributed by atoms with Gasteiger partial charge in [-0.25, -0.2) is 0 Å². The van der Waals surface area contributed by atoms with Crippen molar-refractivity contribution in [2.45, 2.75) is 0 Å². The van der Waals surface area contributed by atoms with Crippen LogP contribution < -0.4 is 5.56 Å². The van der Waals surface area contributed by atoms with Crippen LogP contribution in [0.4, 0.5) is 0 Å². The third-order valence-corrected chi connectivity index (χ3v) is 1.83. The molecule has 0 aliphatic heterocycles. The van der Waals surface area contributed by atoms with Crippen LogP contribution in [0.25, 0.3) is 10.9 Å². The second-order valence-electron chi connectivity index (χ2n) is 2.71. The minimum Gasteiger partial charge on any atom is -0.322 e. The molecule has 2 heteroatoms. The van der Waals surface area contributed by atoms with Gasteiger partial charge < -0.3 is 4.98 Å². The van der Waals surface area contributed by atoms with Gasteiger partial charge >= 0.3 is 0 Å². The Kier molecular flexibility index (Phi) is 1.47. The first-order chi connectivity index (χ1) is 5.77. The molecule has 1 heterocycles. The van der Waals surface area contributed by atoms with E-state index in [-0.39, 0.29) is 5.56 Å². The van der Waals surface area contributed by atoms with Crippen LogP contribution in [-0.4, -0.2) is 4.98 Å². The van der Waals surface area contributed by atoms with E-state index >= 15 is 0 Å². The Hall–Kier alpha value is -1.57. The molecular weight excluding hydrogens is 150 g/mol. The maximum Gasteiger partial charge on any atom is 0.251 e. The average molecular weight is 158 g/mol. The lowest BCUT2D eigenvalue weighted by Crippen LogP contribution is -2.08. The lowest BCUT2D eigenvalue weighted by Gasteiger charge is -1.96. The summed E-state index contributed by atoms with van der Waals surface area (Å²) in [6.07, 6.45) is 0. The Morgan fingerprint density at radius 2 is 2.00 bits per heavy atom. The van der Waals surface area contributed by atoms with Crippen molar-refractivity contribution in [3.8, 4) is 0 Å². The molecule has 0 saturated carbocycles. The fraction of sp³-hybridized carbons (Fsp3) is 0. The number of hydrogen-bond donors (Lipinski definition) is 1. The van der Waals surface area contributed by atoms with Crippen molar-refractivity contribution in [2.75, 3.05) is 0 Å². The van der Waals surface area contributed by atoms with Gasteiger partial charge in [-0.2, -0.15) is 0 Å². The average Bonchev–Trinajstić information content (AvgIpc) is 2.07. The van der Waals surface area contributed by atoms with Gasteiger partial charge in [0.25, 0.3) is 5.56 Å². The van der Waals surface area contributed by atoms with E-state index < -0.39 is 0 Å². The number of aromatic amines is 1. The highest BCUT2D eigenvalue weighted by molar-refractivity contribution is 5.78. The maximum atomic E-state index is 11.1. The summed E-state index contributed by atoms with van der Waals surface area (Å²) in [5.41, 5.74) is 1.25. The minimum absolute atomic E-state index is 0.117. The summed E-state index contributed by atoms with van der Waals surface area (Å²) in [6, 6.07) is 9.42. The molecule has 1 aromatic carbocycles. The molecule has 1 N–H and O–H groups in total. The molecule has 0 bridgehead atoms. The summed E-state index contributed by atoms with van der Waals surface area (Å²) in [6.45, 7) is 3.63. The summed E-state index contributed by atoms with van der Waals surface area (Å²) in [5, 5.41) is 1.02. The van der Waals surface area contributed by atoms with Crippen LogP contribution in [0.2, 0.25) is 0 Å². The Balaban J connectivity index is 2.93. The standard InChI is InChI=1S/C10H8NO/c1-7-6-8-4-2-3-5-9(8)11-10(7)12/h2-6H,1H2,(H,11,12). The first kappa shape index (κ1) is 7.10. The van der Waals surface area contributed by atoms with Gasteiger partial charge in [0.1, 0.15) is 0 Å². The van der Waals surface area contributed by atoms with Crippen molar-refractivity contribution in [3.63, 3.8) is 0 Å². The maximum absolute atomic E-state index is 11.1. The number of benzene rings is 1. The van der Waals surface area contributed by atoms with E-state index in [1.165, 1.54) is 0 Å². The van der Waals surface area contributed by atoms with Crippen molar-refractivity contribution < 1.29 is 0 Å². The molecule has 2 rings (SSSR count). The molecule has 0 saturated heterocycles. The number of aromatic nitrogens is 1. The fourth-order valence-electron chi connectivity index (χ4n) is 1.19. The topological polar surface area (TPSA) is 32.9 Å². The highest BCUT2D eigenvalue weighted by Crippen LogP contribution is 2.08. The third kappa shape index (κ3) is 1.01. The van der Waals surface area contributed by atoms with Crippen LogP contribution in [0.5, 0.6) is 0 Å². The van der Waals surface area contributed by atoms with Crippen molar-refractivity contribution in [2.24, 2.45) is 0 Å². The second kappa shape index (κ2) is 2.48. The molecule has 59 valence electrons. The van der Waals surface area contributed by atoms with E-state index in [9.17, 15) is 4.79 Å². The van der Waals surface area contributed by atoms with Gasteiger partial charge in [0.05, 0.1) is 0 Å². The van der Waals surface area contributed by atoms with Crippen molar-refractivity contribution in [1.82, 2.24) is 4.98 Å². The first-order valence-electron chi connectivity index (χ1n) is 3.71. The van der Waals surface area contributed by atoms with Gasteiger partial charge in [-0.1, -0.05) is 18.2 Å². The molecule has 0 aliphatic carbocycles. The van der Waals surface area contributed by atoms with E-state index in [1.54, 1.807) is 6.07 Å². The summed E-state index contributed by atoms with van der Waals surface area (Å²) >= 11 is 0. The summed E-state index contributed by atoms with van der Waals surface area (Å²) in [5.74, 6) is 0. The third-order valence-electron chi connectivity index (χ3n) is 1.83. The molecule has 0 atom stereocenters. The normalized spacial score (nSPS) is 10.4. The second-order valence-corrected chi connectivity index (χ2v) is 2.71. The zero-order valence-corrected chi connectivity index (χ0v) is 6.50. The van der Waals surface area contributed by atoms with Crippen LogP contribution in [0, 0.1) is 6.92 Å². The van der Waals surface area contributed by atoms with Gasteiger partial charge in [0.15, 0.2) is 0 Å². The van der Waals surface area contributed by atoms with E-state index in [0.29, 0.717) is 5.56 Å². The highest BCUT2D eigenvalue weighted by atomic mass is 16.1. The molecule has 0 spiro atoms. The van der Waals surface area contributed by atoms with Gasteiger partial charge in [-0.3, -0.25) is 4.79 Å². The molecule has 1 radical (unpaired) electrons. The van der Waals surface area contributed by atoms with Gasteiger partial charge in [0.2, 0.25) is 0 Å². The quantitative estimate of drug-likeness (QED) is 0.622. The molecule has 2 nitrogen and oxygen atoms in total. The molecule has 0 unspecified atom stereocenters. The first-order valence-corrected chi connectivity index (χ1v) is 3.71. The Morgan fingerprint density at radius 3 is 2.83 bits per heavy atom. The summed E-state index contributed by atoms with van der Waals surface area (Å²) in [4.78, 5) is 13.9. The van der Waals surface area contributed by atoms with Crippen molar-refractivity contribution in [3.05, 3.63) is 53.2 Å². The van der Waals surface area contributed by atoms with Crippen LogP contribution >= 0.6 is 0 Å². The number of pyridine rings is 1. The lowest BCUT2D eigenvalue weighted by molar-refractivity contribution is 1.28. The van der Waals surface area contributed by atoms with E-state index in [2.05, 4.69) is 11.9 Å². The van der Waals surface area contributed by atoms with Crippen molar-refractivity contribution in [1.29, 1.82) is 0 Å². The lowest BCUT2D eigenvalue weighted by atomic mass is 10.2. The number of para-hydroxylation sites is 1. The number of hydrogen-bond acceptors (Lipinski definition) is 1. The molecular formula is C10H8NO. The number of H-pyrrole nitrogens is 1. The largest absolute Gasteiger partial charge is 0.322 e. The summed E-state index contributed by atoms with van der Waals surface area (Å²) in [7, 11) is 0. The van der Waals surface area contributed by atoms with Crippen molar-refractivity contribution >= 4 is 10.9 Å². The monoisotopic (exact) mass is 158 g/mol. The minimum atomic E-state index is -0.117. The van der Waals surface area contributed by atoms with Gasteiger partial charge in [0, 0.05) is 11.1 Å². The van der Waals surface area contributed by atoms with E-state index in [4.69, 9.17) is 0 Å². The Labute approximate surface area is 69.9 Å². The van der Waals surface area contributed by atoms with Gasteiger partial charge in [-0.05, 0) is 24.4 Å². The molecule has 0 fully saturated rings. The SMILES string of the molecule is [CH2]c1cc2ccccc2[nH]c1=O.